The number of hydrogen-bond donors (Lipinski definition) is 2. The van der Waals surface area contributed by atoms with E-state index in [2.05, 4.69) is 10.3 Å². The molecule has 0 aliphatic rings. The van der Waals surface area contributed by atoms with Crippen molar-refractivity contribution in [3.8, 4) is 5.88 Å². The zero-order valence-corrected chi connectivity index (χ0v) is 11.8. The van der Waals surface area contributed by atoms with Crippen molar-refractivity contribution in [2.45, 2.75) is 20.4 Å². The number of nitrogens with one attached hydrogen (secondary N) is 1. The number of aliphatic hydroxyl groups is 1. The van der Waals surface area contributed by atoms with E-state index in [0.29, 0.717) is 12.4 Å². The zero-order chi connectivity index (χ0) is 13.2. The second kappa shape index (κ2) is 5.26. The number of methoxy groups -OCH3 is 1. The Bertz CT molecular complexity index is 518. The van der Waals surface area contributed by atoms with Gasteiger partial charge in [-0.2, -0.15) is 4.98 Å². The van der Waals surface area contributed by atoms with Crippen LogP contribution in [0.4, 0.5) is 0 Å². The first-order valence-corrected chi connectivity index (χ1v) is 6.75. The number of thiazole rings is 1. The molecule has 0 saturated carbocycles. The van der Waals surface area contributed by atoms with Crippen molar-refractivity contribution < 1.29 is 9.84 Å². The van der Waals surface area contributed by atoms with Gasteiger partial charge in [0.2, 0.25) is 5.88 Å². The van der Waals surface area contributed by atoms with Gasteiger partial charge in [0, 0.05) is 36.7 Å². The standard InChI is InChI=1S/C12H19N3O2S/c1-12(2,8-16)7-13-6-9-10(17-3)14-11-15(9)4-5-18-11/h4-5,13,16H,6-8H2,1-3H3. The van der Waals surface area contributed by atoms with Crippen molar-refractivity contribution in [1.29, 1.82) is 0 Å². The Hall–Kier alpha value is -1.11. The van der Waals surface area contributed by atoms with Gasteiger partial charge in [-0.05, 0) is 0 Å². The summed E-state index contributed by atoms with van der Waals surface area (Å²) in [5.74, 6) is 0.663. The summed E-state index contributed by atoms with van der Waals surface area (Å²) in [5, 5.41) is 14.6. The number of imidazole rings is 1. The smallest absolute Gasteiger partial charge is 0.237 e. The molecular weight excluding hydrogens is 250 g/mol. The Kier molecular flexibility index (Phi) is 3.89. The summed E-state index contributed by atoms with van der Waals surface area (Å²) in [4.78, 5) is 5.33. The van der Waals surface area contributed by atoms with Crippen LogP contribution in [0.5, 0.6) is 5.88 Å². The van der Waals surface area contributed by atoms with Crippen molar-refractivity contribution in [2.24, 2.45) is 5.41 Å². The van der Waals surface area contributed by atoms with Gasteiger partial charge in [-0.25, -0.2) is 0 Å². The van der Waals surface area contributed by atoms with E-state index in [-0.39, 0.29) is 12.0 Å². The average molecular weight is 269 g/mol. The monoisotopic (exact) mass is 269 g/mol. The normalized spacial score (nSPS) is 12.2. The molecule has 0 amide bonds. The van der Waals surface area contributed by atoms with Gasteiger partial charge in [0.25, 0.3) is 0 Å². The van der Waals surface area contributed by atoms with Crippen LogP contribution < -0.4 is 10.1 Å². The van der Waals surface area contributed by atoms with Crippen molar-refractivity contribution in [3.63, 3.8) is 0 Å². The molecule has 0 saturated heterocycles. The fourth-order valence-electron chi connectivity index (χ4n) is 1.71. The second-order valence-corrected chi connectivity index (χ2v) is 5.92. The van der Waals surface area contributed by atoms with E-state index in [1.54, 1.807) is 18.4 Å². The van der Waals surface area contributed by atoms with Crippen LogP contribution in [0.3, 0.4) is 0 Å². The van der Waals surface area contributed by atoms with Crippen LogP contribution in [0.1, 0.15) is 19.5 Å². The molecule has 2 heterocycles. The molecule has 0 aromatic carbocycles. The summed E-state index contributed by atoms with van der Waals surface area (Å²) < 4.78 is 7.31. The summed E-state index contributed by atoms with van der Waals surface area (Å²) in [6, 6.07) is 0. The molecule has 0 aliphatic heterocycles. The topological polar surface area (TPSA) is 58.8 Å². The number of aromatic nitrogens is 2. The van der Waals surface area contributed by atoms with Crippen molar-refractivity contribution >= 4 is 16.3 Å². The highest BCUT2D eigenvalue weighted by Gasteiger charge is 2.18. The van der Waals surface area contributed by atoms with E-state index < -0.39 is 0 Å². The first-order valence-electron chi connectivity index (χ1n) is 5.87. The number of fused-ring (bicyclic) bond motifs is 1. The van der Waals surface area contributed by atoms with Gasteiger partial charge < -0.3 is 15.2 Å². The summed E-state index contributed by atoms with van der Waals surface area (Å²) in [6.45, 7) is 5.62. The molecule has 5 nitrogen and oxygen atoms in total. The SMILES string of the molecule is COc1nc2sccn2c1CNCC(C)(C)CO. The first-order chi connectivity index (χ1) is 8.57. The van der Waals surface area contributed by atoms with Crippen molar-refractivity contribution in [2.75, 3.05) is 20.3 Å². The Morgan fingerprint density at radius 2 is 2.33 bits per heavy atom. The second-order valence-electron chi connectivity index (χ2n) is 5.05. The van der Waals surface area contributed by atoms with Gasteiger partial charge in [0.15, 0.2) is 4.96 Å². The predicted octanol–water partition coefficient (Wildman–Crippen LogP) is 1.51. The molecule has 2 N–H and O–H groups in total. The van der Waals surface area contributed by atoms with Gasteiger partial charge in [0.05, 0.1) is 7.11 Å². The number of hydrogen-bond acceptors (Lipinski definition) is 5. The third kappa shape index (κ3) is 2.66. The first kappa shape index (κ1) is 13.3. The lowest BCUT2D eigenvalue weighted by atomic mass is 9.95. The van der Waals surface area contributed by atoms with Gasteiger partial charge in [-0.15, -0.1) is 11.3 Å². The van der Waals surface area contributed by atoms with Gasteiger partial charge in [-0.1, -0.05) is 13.8 Å². The van der Waals surface area contributed by atoms with Crippen LogP contribution >= 0.6 is 11.3 Å². The third-order valence-corrected chi connectivity index (χ3v) is 3.60. The number of ether oxygens (including phenoxy) is 1. The Balaban J connectivity index is 2.08. The van der Waals surface area contributed by atoms with Crippen LogP contribution in [0.25, 0.3) is 4.96 Å². The Morgan fingerprint density at radius 1 is 1.56 bits per heavy atom. The molecule has 0 atom stereocenters. The molecule has 0 bridgehead atoms. The lowest BCUT2D eigenvalue weighted by molar-refractivity contribution is 0.156. The molecule has 2 aromatic rings. The van der Waals surface area contributed by atoms with Crippen LogP contribution in [0, 0.1) is 5.41 Å². The van der Waals surface area contributed by atoms with Crippen LogP contribution in [0.2, 0.25) is 0 Å². The minimum absolute atomic E-state index is 0.119. The van der Waals surface area contributed by atoms with Gasteiger partial charge in [-0.3, -0.25) is 4.40 Å². The summed E-state index contributed by atoms with van der Waals surface area (Å²) in [6.07, 6.45) is 1.99. The molecule has 18 heavy (non-hydrogen) atoms. The molecule has 0 unspecified atom stereocenters. The largest absolute Gasteiger partial charge is 0.480 e. The number of rotatable bonds is 6. The lowest BCUT2D eigenvalue weighted by Gasteiger charge is -2.21. The third-order valence-electron chi connectivity index (χ3n) is 2.84. The lowest BCUT2D eigenvalue weighted by Crippen LogP contribution is -2.32. The average Bonchev–Trinajstić information content (AvgIpc) is 2.90. The zero-order valence-electron chi connectivity index (χ0n) is 10.9. The van der Waals surface area contributed by atoms with Crippen molar-refractivity contribution in [3.05, 3.63) is 17.3 Å². The Morgan fingerprint density at radius 3 is 3.00 bits per heavy atom. The summed E-state index contributed by atoms with van der Waals surface area (Å²) in [5.41, 5.74) is 0.897. The molecule has 0 radical (unpaired) electrons. The van der Waals surface area contributed by atoms with E-state index in [1.165, 1.54) is 0 Å². The minimum Gasteiger partial charge on any atom is -0.480 e. The summed E-state index contributed by atoms with van der Waals surface area (Å²) in [7, 11) is 1.63. The Labute approximate surface area is 110 Å². The maximum absolute atomic E-state index is 9.21. The van der Waals surface area contributed by atoms with Gasteiger partial charge in [0.1, 0.15) is 5.69 Å². The predicted molar refractivity (Wildman–Crippen MR) is 72.2 cm³/mol. The molecule has 0 spiro atoms. The summed E-state index contributed by atoms with van der Waals surface area (Å²) >= 11 is 1.59. The molecule has 6 heteroatoms. The van der Waals surface area contributed by atoms with Crippen molar-refractivity contribution in [1.82, 2.24) is 14.7 Å². The van der Waals surface area contributed by atoms with E-state index in [4.69, 9.17) is 4.74 Å². The highest BCUT2D eigenvalue weighted by molar-refractivity contribution is 7.15. The minimum atomic E-state index is -0.119. The molecule has 2 rings (SSSR count). The van der Waals surface area contributed by atoms with Gasteiger partial charge >= 0.3 is 0 Å². The molecule has 0 aliphatic carbocycles. The van der Waals surface area contributed by atoms with E-state index in [9.17, 15) is 5.11 Å². The van der Waals surface area contributed by atoms with E-state index in [1.807, 2.05) is 29.8 Å². The number of aliphatic hydroxyl groups excluding tert-OH is 1. The number of nitrogens with zero attached hydrogens (tertiary/aromatic N) is 2. The fourth-order valence-corrected chi connectivity index (χ4v) is 2.44. The highest BCUT2D eigenvalue weighted by atomic mass is 32.1. The molecule has 100 valence electrons. The maximum atomic E-state index is 9.21. The fraction of sp³-hybridized carbons (Fsp3) is 0.583. The van der Waals surface area contributed by atoms with Crippen LogP contribution in [-0.4, -0.2) is 34.8 Å². The quantitative estimate of drug-likeness (QED) is 0.834. The van der Waals surface area contributed by atoms with Crippen LogP contribution in [-0.2, 0) is 6.54 Å². The highest BCUT2D eigenvalue weighted by Crippen LogP contribution is 2.23. The maximum Gasteiger partial charge on any atom is 0.237 e. The van der Waals surface area contributed by atoms with E-state index >= 15 is 0 Å². The molecule has 2 aromatic heterocycles. The van der Waals surface area contributed by atoms with Crippen LogP contribution in [0.15, 0.2) is 11.6 Å². The molecular formula is C12H19N3O2S. The van der Waals surface area contributed by atoms with E-state index in [0.717, 1.165) is 17.2 Å². The molecule has 0 fully saturated rings.